The number of nitrogens with zero attached hydrogens (tertiary/aromatic N) is 2. The van der Waals surface area contributed by atoms with Crippen LogP contribution >= 0.6 is 0 Å². The highest BCUT2D eigenvalue weighted by Gasteiger charge is 2.40. The van der Waals surface area contributed by atoms with Gasteiger partial charge in [0, 0.05) is 49.7 Å². The van der Waals surface area contributed by atoms with E-state index < -0.39 is 24.0 Å². The van der Waals surface area contributed by atoms with Crippen molar-refractivity contribution < 1.29 is 30.0 Å². The van der Waals surface area contributed by atoms with Gasteiger partial charge in [0.2, 0.25) is 0 Å². The highest BCUT2D eigenvalue weighted by Crippen LogP contribution is 2.50. The van der Waals surface area contributed by atoms with Crippen molar-refractivity contribution in [3.05, 3.63) is 47.5 Å². The van der Waals surface area contributed by atoms with Gasteiger partial charge in [-0.05, 0) is 61.3 Å². The second kappa shape index (κ2) is 13.8. The highest BCUT2D eigenvalue weighted by atomic mass is 16.5. The Balaban J connectivity index is 1.73. The molecule has 0 heterocycles. The predicted molar refractivity (Wildman–Crippen MR) is 146 cm³/mol. The van der Waals surface area contributed by atoms with Crippen molar-refractivity contribution in [1.82, 2.24) is 0 Å². The van der Waals surface area contributed by atoms with E-state index in [0.29, 0.717) is 24.3 Å². The summed E-state index contributed by atoms with van der Waals surface area (Å²) in [4.78, 5) is 15.3. The first-order valence-corrected chi connectivity index (χ1v) is 13.8. The molecule has 2 aromatic rings. The third-order valence-electron chi connectivity index (χ3n) is 7.18. The van der Waals surface area contributed by atoms with Crippen molar-refractivity contribution >= 4 is 17.2 Å². The Morgan fingerprint density at radius 3 is 1.58 bits per heavy atom. The number of hydrogen-bond donors (Lipinski definition) is 2. The van der Waals surface area contributed by atoms with Gasteiger partial charge < -0.3 is 35.0 Å². The van der Waals surface area contributed by atoms with Gasteiger partial charge in [-0.25, -0.2) is 0 Å². The van der Waals surface area contributed by atoms with Crippen LogP contribution in [0.25, 0.3) is 0 Å². The van der Waals surface area contributed by atoms with E-state index in [4.69, 9.17) is 4.74 Å². The molecule has 0 radical (unpaired) electrons. The molecule has 8 nitrogen and oxygen atoms in total. The van der Waals surface area contributed by atoms with E-state index in [2.05, 4.69) is 18.7 Å². The Kier molecular flexibility index (Phi) is 10.8. The molecule has 0 saturated heterocycles. The van der Waals surface area contributed by atoms with E-state index in [1.807, 2.05) is 24.0 Å². The molecule has 1 aliphatic carbocycles. The first-order chi connectivity index (χ1) is 18.2. The number of carbonyl (C=O) groups excluding carboxylic acids is 1. The lowest BCUT2D eigenvalue weighted by Gasteiger charge is -2.61. The van der Waals surface area contributed by atoms with Crippen molar-refractivity contribution in [3.8, 4) is 11.5 Å². The van der Waals surface area contributed by atoms with E-state index in [1.54, 1.807) is 24.3 Å². The van der Waals surface area contributed by atoms with E-state index in [9.17, 15) is 25.2 Å². The van der Waals surface area contributed by atoms with Gasteiger partial charge in [-0.2, -0.15) is 0 Å². The summed E-state index contributed by atoms with van der Waals surface area (Å²) in [6, 6.07) is 10.3. The van der Waals surface area contributed by atoms with Gasteiger partial charge in [0.05, 0.1) is 6.61 Å². The molecule has 0 spiro atoms. The molecule has 3 rings (SSSR count). The minimum atomic E-state index is -1.26. The van der Waals surface area contributed by atoms with Crippen molar-refractivity contribution in [2.45, 2.75) is 71.0 Å². The molecule has 0 bridgehead atoms. The van der Waals surface area contributed by atoms with E-state index >= 15 is 0 Å². The fraction of sp³-hybridized carbons (Fsp3) is 0.567. The molecule has 2 N–H and O–H groups in total. The number of phenolic OH excluding ortho intramolecular Hbond substituents is 2. The smallest absolute Gasteiger partial charge is 0.155 e. The monoisotopic (exact) mass is 526 g/mol. The summed E-state index contributed by atoms with van der Waals surface area (Å²) in [6.07, 6.45) is 0.302. The van der Waals surface area contributed by atoms with Crippen LogP contribution in [0.1, 0.15) is 69.9 Å². The average molecular weight is 527 g/mol. The van der Waals surface area contributed by atoms with Crippen molar-refractivity contribution in [1.29, 1.82) is 0 Å². The number of phenols is 2. The third-order valence-corrected chi connectivity index (χ3v) is 7.18. The number of hydrogen-bond acceptors (Lipinski definition) is 8. The largest absolute Gasteiger partial charge is 0.851 e. The van der Waals surface area contributed by atoms with Gasteiger partial charge >= 0.3 is 0 Å². The van der Waals surface area contributed by atoms with Crippen LogP contribution in [0.5, 0.6) is 11.5 Å². The minimum Gasteiger partial charge on any atom is -0.851 e. The number of benzene rings is 2. The lowest BCUT2D eigenvalue weighted by Crippen LogP contribution is -2.63. The molecule has 210 valence electrons. The van der Waals surface area contributed by atoms with Crippen LogP contribution in [-0.2, 0) is 9.53 Å². The van der Waals surface area contributed by atoms with E-state index in [-0.39, 0.29) is 23.9 Å². The van der Waals surface area contributed by atoms with Crippen LogP contribution in [0.3, 0.4) is 0 Å². The number of anilines is 2. The van der Waals surface area contributed by atoms with Crippen LogP contribution in [0.4, 0.5) is 11.4 Å². The Morgan fingerprint density at radius 2 is 1.21 bits per heavy atom. The molecule has 1 aliphatic rings. The molecule has 8 heteroatoms. The molecule has 1 fully saturated rings. The van der Waals surface area contributed by atoms with E-state index in [0.717, 1.165) is 50.3 Å². The molecule has 2 unspecified atom stereocenters. The Bertz CT molecular complexity index is 1050. The lowest BCUT2D eigenvalue weighted by atomic mass is 9.63. The zero-order chi connectivity index (χ0) is 27.8. The van der Waals surface area contributed by atoms with Gasteiger partial charge in [-0.3, -0.25) is 4.79 Å². The molecular formula is C30H42N2O6-2. The molecule has 1 saturated carbocycles. The molecule has 38 heavy (non-hydrogen) atoms. The normalized spacial score (nSPS) is 20.7. The van der Waals surface area contributed by atoms with Crippen LogP contribution < -0.4 is 20.0 Å². The minimum absolute atomic E-state index is 0.0216. The summed E-state index contributed by atoms with van der Waals surface area (Å²) >= 11 is 0. The topological polar surface area (TPSA) is 119 Å². The zero-order valence-corrected chi connectivity index (χ0v) is 23.1. The SMILES string of the molecule is CCCN(CCC)c1ccc(C2C([O-])C(c3ccc(N(CCC)CCOCC(C)=O)cc3O)C2[O-])c(O)c1. The van der Waals surface area contributed by atoms with Crippen molar-refractivity contribution in [2.75, 3.05) is 49.2 Å². The summed E-state index contributed by atoms with van der Waals surface area (Å²) in [5.74, 6) is -1.89. The Labute approximate surface area is 226 Å². The van der Waals surface area contributed by atoms with Gasteiger partial charge in [-0.15, -0.1) is 12.2 Å². The summed E-state index contributed by atoms with van der Waals surface area (Å²) < 4.78 is 5.39. The fourth-order valence-electron chi connectivity index (χ4n) is 5.34. The highest BCUT2D eigenvalue weighted by molar-refractivity contribution is 5.76. The maximum atomic E-state index is 13.2. The van der Waals surface area contributed by atoms with Gasteiger partial charge in [0.15, 0.2) is 5.78 Å². The molecular weight excluding hydrogens is 484 g/mol. The number of rotatable bonds is 15. The van der Waals surface area contributed by atoms with E-state index in [1.165, 1.54) is 6.92 Å². The lowest BCUT2D eigenvalue weighted by molar-refractivity contribution is -0.536. The fourth-order valence-corrected chi connectivity index (χ4v) is 5.34. The maximum absolute atomic E-state index is 13.2. The first kappa shape index (κ1) is 29.7. The molecule has 2 aromatic carbocycles. The van der Waals surface area contributed by atoms with Crippen LogP contribution in [-0.4, -0.2) is 67.6 Å². The molecule has 0 aliphatic heterocycles. The number of ether oxygens (including phenoxy) is 1. The van der Waals surface area contributed by atoms with Crippen molar-refractivity contribution in [3.63, 3.8) is 0 Å². The van der Waals surface area contributed by atoms with Crippen LogP contribution in [0.2, 0.25) is 0 Å². The first-order valence-electron chi connectivity index (χ1n) is 13.8. The predicted octanol–water partition coefficient (Wildman–Crippen LogP) is 2.89. The third kappa shape index (κ3) is 6.79. The second-order valence-corrected chi connectivity index (χ2v) is 10.2. The molecule has 0 amide bonds. The quantitative estimate of drug-likeness (QED) is 0.340. The van der Waals surface area contributed by atoms with Crippen molar-refractivity contribution in [2.24, 2.45) is 0 Å². The zero-order valence-electron chi connectivity index (χ0n) is 23.1. The van der Waals surface area contributed by atoms with Gasteiger partial charge in [0.25, 0.3) is 0 Å². The molecule has 2 atom stereocenters. The van der Waals surface area contributed by atoms with Crippen LogP contribution in [0, 0.1) is 0 Å². The Morgan fingerprint density at radius 1 is 0.789 bits per heavy atom. The summed E-state index contributed by atoms with van der Waals surface area (Å²) in [5, 5.41) is 48.0. The van der Waals surface area contributed by atoms with Gasteiger partial charge in [0.1, 0.15) is 18.1 Å². The van der Waals surface area contributed by atoms with Crippen LogP contribution in [0.15, 0.2) is 36.4 Å². The number of Topliss-reactive ketones (excluding diaryl/α,β-unsaturated/α-hetero) is 1. The summed E-state index contributed by atoms with van der Waals surface area (Å²) in [7, 11) is 0. The number of ketones is 1. The standard InChI is InChI=1S/C30H42N2O6/c1-5-12-31(13-6-2)21-8-10-23(25(34)17-21)27-29(36)28(30(27)37)24-11-9-22(18-26(24)35)32(14-7-3)15-16-38-19-20(4)33/h8-11,17-18,27-30,34-35H,5-7,12-16,19H2,1-4H3/q-2. The number of carbonyl (C=O) groups is 1. The molecule has 0 aromatic heterocycles. The number of aromatic hydroxyl groups is 2. The summed E-state index contributed by atoms with van der Waals surface area (Å²) in [5.41, 5.74) is 2.38. The Hall–Kier alpha value is -2.81. The maximum Gasteiger partial charge on any atom is 0.155 e. The summed E-state index contributed by atoms with van der Waals surface area (Å²) in [6.45, 7) is 11.2. The second-order valence-electron chi connectivity index (χ2n) is 10.2. The van der Waals surface area contributed by atoms with Gasteiger partial charge in [-0.1, -0.05) is 32.9 Å². The average Bonchev–Trinajstić information content (AvgIpc) is 2.88.